The van der Waals surface area contributed by atoms with Gasteiger partial charge < -0.3 is 14.0 Å². The highest BCUT2D eigenvalue weighted by molar-refractivity contribution is 7.85. The first-order valence-corrected chi connectivity index (χ1v) is 13.5. The van der Waals surface area contributed by atoms with E-state index in [9.17, 15) is 0 Å². The van der Waals surface area contributed by atoms with Crippen molar-refractivity contribution in [3.05, 3.63) is 127 Å². The van der Waals surface area contributed by atoms with Crippen molar-refractivity contribution < 1.29 is 14.0 Å². The Bertz CT molecular complexity index is 1420. The molecule has 4 heteroatoms. The maximum Gasteiger partial charge on any atom is 0.171 e. The van der Waals surface area contributed by atoms with Crippen molar-refractivity contribution in [3.63, 3.8) is 0 Å². The molecule has 5 rings (SSSR count). The molecular formula is C32H27O3P. The Labute approximate surface area is 212 Å². The van der Waals surface area contributed by atoms with E-state index in [4.69, 9.17) is 9.47 Å². The lowest BCUT2D eigenvalue weighted by Gasteiger charge is -2.22. The summed E-state index contributed by atoms with van der Waals surface area (Å²) in [6, 6.07) is 41.5. The van der Waals surface area contributed by atoms with E-state index in [2.05, 4.69) is 6.07 Å². The highest BCUT2D eigenvalue weighted by Gasteiger charge is 2.31. The lowest BCUT2D eigenvalue weighted by atomic mass is 9.98. The van der Waals surface area contributed by atoms with Gasteiger partial charge in [0.05, 0.1) is 14.2 Å². The maximum atomic E-state index is 15.2. The molecule has 0 atom stereocenters. The van der Waals surface area contributed by atoms with Crippen molar-refractivity contribution >= 4 is 23.1 Å². The van der Waals surface area contributed by atoms with Crippen LogP contribution in [0.25, 0.3) is 22.3 Å². The molecule has 0 aromatic heterocycles. The number of benzene rings is 5. The van der Waals surface area contributed by atoms with Crippen LogP contribution in [0, 0.1) is 0 Å². The highest BCUT2D eigenvalue weighted by Crippen LogP contribution is 2.45. The average molecular weight is 491 g/mol. The van der Waals surface area contributed by atoms with Gasteiger partial charge in [-0.1, -0.05) is 97.1 Å². The molecule has 178 valence electrons. The molecule has 5 aromatic rings. The summed E-state index contributed by atoms with van der Waals surface area (Å²) in [5, 5.41) is 2.34. The molecule has 5 aromatic carbocycles. The fourth-order valence-corrected chi connectivity index (χ4v) is 7.31. The standard InChI is InChI=1S/C32H27O3P/c1-34-31-19-11-9-17-29(31)24-21-25(30-18-10-12-20-32(30)35-2)23-28(22-24)36(33,26-13-5-3-6-14-26)27-15-7-4-8-16-27/h3-23H,1-2H3. The van der Waals surface area contributed by atoms with Crippen molar-refractivity contribution in [2.45, 2.75) is 0 Å². The van der Waals surface area contributed by atoms with Gasteiger partial charge in [-0.05, 0) is 41.5 Å². The molecule has 0 fully saturated rings. The van der Waals surface area contributed by atoms with Crippen LogP contribution in [-0.2, 0) is 4.57 Å². The lowest BCUT2D eigenvalue weighted by Crippen LogP contribution is -2.25. The normalized spacial score (nSPS) is 11.2. The molecule has 0 aliphatic rings. The zero-order valence-electron chi connectivity index (χ0n) is 20.3. The first-order chi connectivity index (χ1) is 17.6. The zero-order valence-corrected chi connectivity index (χ0v) is 21.2. The van der Waals surface area contributed by atoms with Crippen LogP contribution >= 0.6 is 7.14 Å². The molecule has 0 radical (unpaired) electrons. The minimum absolute atomic E-state index is 0.754. The van der Waals surface area contributed by atoms with Crippen molar-refractivity contribution in [1.82, 2.24) is 0 Å². The molecule has 0 saturated carbocycles. The fourth-order valence-electron chi connectivity index (χ4n) is 4.59. The van der Waals surface area contributed by atoms with Gasteiger partial charge in [-0.25, -0.2) is 0 Å². The third kappa shape index (κ3) is 4.34. The molecular weight excluding hydrogens is 463 g/mol. The summed E-state index contributed by atoms with van der Waals surface area (Å²) in [5.74, 6) is 1.52. The van der Waals surface area contributed by atoms with Crippen LogP contribution in [0.15, 0.2) is 127 Å². The van der Waals surface area contributed by atoms with Crippen LogP contribution in [0.2, 0.25) is 0 Å². The quantitative estimate of drug-likeness (QED) is 0.239. The van der Waals surface area contributed by atoms with Gasteiger partial charge in [0.2, 0.25) is 0 Å². The van der Waals surface area contributed by atoms with E-state index in [1.807, 2.05) is 121 Å². The Balaban J connectivity index is 1.85. The second-order valence-electron chi connectivity index (χ2n) is 8.45. The molecule has 0 saturated heterocycles. The van der Waals surface area contributed by atoms with Gasteiger partial charge in [-0.2, -0.15) is 0 Å². The van der Waals surface area contributed by atoms with E-state index in [-0.39, 0.29) is 0 Å². The van der Waals surface area contributed by atoms with Gasteiger partial charge >= 0.3 is 0 Å². The molecule has 0 spiro atoms. The summed E-state index contributed by atoms with van der Waals surface area (Å²) in [4.78, 5) is 0. The number of ether oxygens (including phenoxy) is 2. The predicted molar refractivity (Wildman–Crippen MR) is 150 cm³/mol. The first-order valence-electron chi connectivity index (χ1n) is 11.8. The predicted octanol–water partition coefficient (Wildman–Crippen LogP) is 6.68. The van der Waals surface area contributed by atoms with Crippen LogP contribution in [0.1, 0.15) is 0 Å². The Hall–Kier alpha value is -4.07. The van der Waals surface area contributed by atoms with Gasteiger partial charge in [0.15, 0.2) is 7.14 Å². The van der Waals surface area contributed by atoms with E-state index in [1.165, 1.54) is 0 Å². The van der Waals surface area contributed by atoms with Crippen molar-refractivity contribution in [2.24, 2.45) is 0 Å². The van der Waals surface area contributed by atoms with E-state index in [1.54, 1.807) is 14.2 Å². The van der Waals surface area contributed by atoms with E-state index < -0.39 is 7.14 Å². The van der Waals surface area contributed by atoms with Crippen molar-refractivity contribution in [2.75, 3.05) is 14.2 Å². The van der Waals surface area contributed by atoms with E-state index in [0.717, 1.165) is 49.7 Å². The summed E-state index contributed by atoms with van der Waals surface area (Å²) >= 11 is 0. The number of hydrogen-bond donors (Lipinski definition) is 0. The summed E-state index contributed by atoms with van der Waals surface area (Å²) in [6.07, 6.45) is 0. The molecule has 0 N–H and O–H groups in total. The fraction of sp³-hybridized carbons (Fsp3) is 0.0625. The third-order valence-electron chi connectivity index (χ3n) is 6.36. The molecule has 3 nitrogen and oxygen atoms in total. The molecule has 0 aliphatic heterocycles. The molecule has 0 bridgehead atoms. The smallest absolute Gasteiger partial charge is 0.171 e. The van der Waals surface area contributed by atoms with Gasteiger partial charge in [-0.3, -0.25) is 0 Å². The topological polar surface area (TPSA) is 35.5 Å². The second-order valence-corrected chi connectivity index (χ2v) is 11.2. The number of para-hydroxylation sites is 2. The monoisotopic (exact) mass is 490 g/mol. The Morgan fingerprint density at radius 3 is 1.28 bits per heavy atom. The van der Waals surface area contributed by atoms with Gasteiger partial charge in [0.25, 0.3) is 0 Å². The third-order valence-corrected chi connectivity index (χ3v) is 9.39. The van der Waals surface area contributed by atoms with Crippen LogP contribution < -0.4 is 25.4 Å². The highest BCUT2D eigenvalue weighted by atomic mass is 31.2. The van der Waals surface area contributed by atoms with Crippen LogP contribution in [0.3, 0.4) is 0 Å². The second kappa shape index (κ2) is 10.3. The minimum Gasteiger partial charge on any atom is -0.496 e. The van der Waals surface area contributed by atoms with Crippen LogP contribution in [-0.4, -0.2) is 14.2 Å². The Morgan fingerprint density at radius 2 is 0.861 bits per heavy atom. The minimum atomic E-state index is -3.20. The number of methoxy groups -OCH3 is 2. The van der Waals surface area contributed by atoms with Crippen LogP contribution in [0.5, 0.6) is 11.5 Å². The van der Waals surface area contributed by atoms with Gasteiger partial charge in [0.1, 0.15) is 11.5 Å². The lowest BCUT2D eigenvalue weighted by molar-refractivity contribution is 0.416. The summed E-state index contributed by atoms with van der Waals surface area (Å²) in [5.41, 5.74) is 3.73. The maximum absolute atomic E-state index is 15.2. The van der Waals surface area contributed by atoms with Gasteiger partial charge in [-0.15, -0.1) is 0 Å². The van der Waals surface area contributed by atoms with E-state index >= 15 is 4.57 Å². The molecule has 0 aliphatic carbocycles. The van der Waals surface area contributed by atoms with Gasteiger partial charge in [0, 0.05) is 27.0 Å². The first kappa shape index (κ1) is 23.7. The number of hydrogen-bond acceptors (Lipinski definition) is 3. The Morgan fingerprint density at radius 1 is 0.472 bits per heavy atom. The largest absolute Gasteiger partial charge is 0.496 e. The van der Waals surface area contributed by atoms with Crippen molar-refractivity contribution in [3.8, 4) is 33.8 Å². The SMILES string of the molecule is COc1ccccc1-c1cc(-c2ccccc2OC)cc(P(=O)(c2ccccc2)c2ccccc2)c1. The zero-order chi connectivity index (χ0) is 25.0. The average Bonchev–Trinajstić information content (AvgIpc) is 2.97. The summed E-state index contributed by atoms with van der Waals surface area (Å²) in [6.45, 7) is 0. The Kier molecular flexibility index (Phi) is 6.75. The van der Waals surface area contributed by atoms with E-state index in [0.29, 0.717) is 0 Å². The van der Waals surface area contributed by atoms with Crippen molar-refractivity contribution in [1.29, 1.82) is 0 Å². The van der Waals surface area contributed by atoms with Crippen LogP contribution in [0.4, 0.5) is 0 Å². The molecule has 36 heavy (non-hydrogen) atoms. The summed E-state index contributed by atoms with van der Waals surface area (Å²) < 4.78 is 26.6. The molecule has 0 heterocycles. The number of rotatable bonds is 7. The summed E-state index contributed by atoms with van der Waals surface area (Å²) in [7, 11) is 0.139. The molecule has 0 unspecified atom stereocenters. The molecule has 0 amide bonds.